The second-order valence-corrected chi connectivity index (χ2v) is 8.68. The maximum absolute atomic E-state index is 10.4. The zero-order chi connectivity index (χ0) is 11.8. The Labute approximate surface area is 109 Å². The van der Waals surface area contributed by atoms with Crippen LogP contribution in [0.2, 0.25) is 0 Å². The first-order valence-electron chi connectivity index (χ1n) is 4.82. The van der Waals surface area contributed by atoms with E-state index in [1.807, 2.05) is 0 Å². The minimum atomic E-state index is -2.90. The molecule has 88 valence electrons. The first kappa shape index (κ1) is 21.4. The van der Waals surface area contributed by atoms with Gasteiger partial charge in [0.25, 0.3) is 0 Å². The molecule has 7 heteroatoms. The summed E-state index contributed by atoms with van der Waals surface area (Å²) >= 11 is 0. The zero-order valence-electron chi connectivity index (χ0n) is 10.1. The van der Waals surface area contributed by atoms with Gasteiger partial charge in [-0.3, -0.25) is 0 Å². The molecule has 0 aromatic heterocycles. The van der Waals surface area contributed by atoms with Crippen LogP contribution in [0.25, 0.3) is 0 Å². The molecule has 0 bridgehead atoms. The summed E-state index contributed by atoms with van der Waals surface area (Å²) in [4.78, 5) is 20.8. The van der Waals surface area contributed by atoms with Crippen LogP contribution in [-0.4, -0.2) is 47.7 Å². The summed E-state index contributed by atoms with van der Waals surface area (Å²) in [5.74, 6) is 0. The average Bonchev–Trinajstić information content (AvgIpc) is 2.19. The molecule has 0 N–H and O–H groups in total. The molecule has 0 aromatic rings. The van der Waals surface area contributed by atoms with E-state index in [1.165, 1.54) is 0 Å². The van der Waals surface area contributed by atoms with Crippen molar-refractivity contribution < 1.29 is 18.9 Å². The summed E-state index contributed by atoms with van der Waals surface area (Å²) in [6.45, 7) is 6.66. The van der Waals surface area contributed by atoms with Gasteiger partial charge in [0.1, 0.15) is 0 Å². The molecule has 0 heterocycles. The molecule has 0 fully saturated rings. The SMILES string of the molecule is CCP(=O)([O-])CC.CCP(=O)([O-])CC.[Mg+2]. The van der Waals surface area contributed by atoms with E-state index in [1.54, 1.807) is 27.7 Å². The predicted molar refractivity (Wildman–Crippen MR) is 63.1 cm³/mol. The molecular weight excluding hydrogens is 246 g/mol. The van der Waals surface area contributed by atoms with Crippen molar-refractivity contribution in [3.63, 3.8) is 0 Å². The molecule has 0 radical (unpaired) electrons. The quantitative estimate of drug-likeness (QED) is 0.560. The average molecular weight is 266 g/mol. The van der Waals surface area contributed by atoms with Crippen molar-refractivity contribution in [2.75, 3.05) is 24.6 Å². The van der Waals surface area contributed by atoms with Crippen molar-refractivity contribution in [2.45, 2.75) is 27.7 Å². The smallest absolute Gasteiger partial charge is 0.799 e. The second-order valence-electron chi connectivity index (χ2n) is 2.89. The Morgan fingerprint density at radius 1 is 0.733 bits per heavy atom. The van der Waals surface area contributed by atoms with Crippen LogP contribution in [0, 0.1) is 0 Å². The van der Waals surface area contributed by atoms with Crippen LogP contribution in [0.1, 0.15) is 27.7 Å². The van der Waals surface area contributed by atoms with Gasteiger partial charge in [-0.05, 0) is 24.6 Å². The van der Waals surface area contributed by atoms with Crippen molar-refractivity contribution in [1.29, 1.82) is 0 Å². The largest absolute Gasteiger partial charge is 2.00 e. The Hall–Kier alpha value is 1.15. The topological polar surface area (TPSA) is 80.3 Å². The molecule has 0 aliphatic heterocycles. The molecule has 0 saturated heterocycles. The summed E-state index contributed by atoms with van der Waals surface area (Å²) in [6, 6.07) is 0. The summed E-state index contributed by atoms with van der Waals surface area (Å²) in [6.07, 6.45) is 1.18. The summed E-state index contributed by atoms with van der Waals surface area (Å²) in [5, 5.41) is 0. The van der Waals surface area contributed by atoms with E-state index in [-0.39, 0.29) is 23.1 Å². The van der Waals surface area contributed by atoms with Crippen LogP contribution in [0.15, 0.2) is 0 Å². The molecule has 4 nitrogen and oxygen atoms in total. The summed E-state index contributed by atoms with van der Waals surface area (Å²) in [7, 11) is -5.81. The number of hydrogen-bond acceptors (Lipinski definition) is 4. The number of hydrogen-bond donors (Lipinski definition) is 0. The molecule has 0 unspecified atom stereocenters. The van der Waals surface area contributed by atoms with Crippen LogP contribution in [0.5, 0.6) is 0 Å². The Morgan fingerprint density at radius 3 is 0.867 bits per heavy atom. The monoisotopic (exact) mass is 266 g/mol. The van der Waals surface area contributed by atoms with Gasteiger partial charge in [0.2, 0.25) is 0 Å². The van der Waals surface area contributed by atoms with Gasteiger partial charge in [-0.25, -0.2) is 0 Å². The zero-order valence-corrected chi connectivity index (χ0v) is 13.3. The Morgan fingerprint density at radius 2 is 0.867 bits per heavy atom. The standard InChI is InChI=1S/2C4H11O2P.Mg/c2*1-3-7(5,6)4-2;/h2*3-4H2,1-2H3,(H,5,6);/q;;+2/p-2. The van der Waals surface area contributed by atoms with Gasteiger partial charge in [0, 0.05) is 14.7 Å². The van der Waals surface area contributed by atoms with Crippen LogP contribution in [0.4, 0.5) is 0 Å². The molecule has 0 saturated carbocycles. The molecule has 0 rings (SSSR count). The van der Waals surface area contributed by atoms with E-state index in [9.17, 15) is 18.9 Å². The Kier molecular flexibility index (Phi) is 14.7. The van der Waals surface area contributed by atoms with Crippen LogP contribution in [0.3, 0.4) is 0 Å². The van der Waals surface area contributed by atoms with E-state index in [4.69, 9.17) is 0 Å². The Bertz CT molecular complexity index is 193. The minimum Gasteiger partial charge on any atom is -0.799 e. The second kappa shape index (κ2) is 10.3. The van der Waals surface area contributed by atoms with E-state index in [0.717, 1.165) is 0 Å². The minimum absolute atomic E-state index is 0. The third kappa shape index (κ3) is 15.1. The van der Waals surface area contributed by atoms with Gasteiger partial charge < -0.3 is 18.9 Å². The van der Waals surface area contributed by atoms with Gasteiger partial charge in [0.05, 0.1) is 0 Å². The van der Waals surface area contributed by atoms with Crippen molar-refractivity contribution in [1.82, 2.24) is 0 Å². The Balaban J connectivity index is -0.000000180. The van der Waals surface area contributed by atoms with E-state index in [0.29, 0.717) is 24.6 Å². The normalized spacial score (nSPS) is 11.1. The van der Waals surface area contributed by atoms with Crippen LogP contribution >= 0.6 is 14.7 Å². The summed E-state index contributed by atoms with van der Waals surface area (Å²) < 4.78 is 20.8. The predicted octanol–water partition coefficient (Wildman–Crippen LogP) is 0.948. The van der Waals surface area contributed by atoms with Gasteiger partial charge in [-0.1, -0.05) is 27.7 Å². The molecule has 0 amide bonds. The number of rotatable bonds is 4. The van der Waals surface area contributed by atoms with E-state index >= 15 is 0 Å². The molecule has 0 aliphatic rings. The molecular formula is C8H20MgO4P2. The molecule has 0 atom stereocenters. The fourth-order valence-electron chi connectivity index (χ4n) is 0.447. The van der Waals surface area contributed by atoms with Crippen LogP contribution in [-0.2, 0) is 9.13 Å². The van der Waals surface area contributed by atoms with E-state index < -0.39 is 14.7 Å². The van der Waals surface area contributed by atoms with Gasteiger partial charge in [0.15, 0.2) is 0 Å². The van der Waals surface area contributed by atoms with Crippen molar-refractivity contribution in [3.8, 4) is 0 Å². The summed E-state index contributed by atoms with van der Waals surface area (Å²) in [5.41, 5.74) is 0. The molecule has 0 spiro atoms. The third-order valence-electron chi connectivity index (χ3n) is 1.93. The first-order valence-corrected chi connectivity index (χ1v) is 8.81. The van der Waals surface area contributed by atoms with Gasteiger partial charge in [-0.2, -0.15) is 0 Å². The van der Waals surface area contributed by atoms with Crippen molar-refractivity contribution in [2.24, 2.45) is 0 Å². The molecule has 15 heavy (non-hydrogen) atoms. The maximum atomic E-state index is 10.4. The molecule has 0 aliphatic carbocycles. The van der Waals surface area contributed by atoms with E-state index in [2.05, 4.69) is 0 Å². The maximum Gasteiger partial charge on any atom is 2.00 e. The third-order valence-corrected chi connectivity index (χ3v) is 5.78. The van der Waals surface area contributed by atoms with Gasteiger partial charge >= 0.3 is 23.1 Å². The fourth-order valence-corrected chi connectivity index (χ4v) is 1.34. The molecule has 0 aromatic carbocycles. The first-order chi connectivity index (χ1) is 6.24. The fraction of sp³-hybridized carbons (Fsp3) is 1.00. The van der Waals surface area contributed by atoms with Gasteiger partial charge in [-0.15, -0.1) is 0 Å². The van der Waals surface area contributed by atoms with Crippen LogP contribution < -0.4 is 9.79 Å². The van der Waals surface area contributed by atoms with Crippen molar-refractivity contribution in [3.05, 3.63) is 0 Å². The van der Waals surface area contributed by atoms with Crippen molar-refractivity contribution >= 4 is 37.8 Å².